The van der Waals surface area contributed by atoms with E-state index >= 15 is 0 Å². The maximum Gasteiger partial charge on any atom is 0.146 e. The quantitative estimate of drug-likeness (QED) is 0.783. The van der Waals surface area contributed by atoms with E-state index in [1.165, 1.54) is 0 Å². The summed E-state index contributed by atoms with van der Waals surface area (Å²) in [5, 5.41) is 0. The van der Waals surface area contributed by atoms with E-state index in [-0.39, 0.29) is 17.8 Å². The molecular weight excluding hydrogens is 216 g/mol. The molecule has 1 fully saturated rings. The van der Waals surface area contributed by atoms with Crippen molar-refractivity contribution >= 4 is 5.78 Å². The number of rotatable bonds is 5. The molecule has 0 spiro atoms. The lowest BCUT2D eigenvalue weighted by molar-refractivity contribution is -0.123. The van der Waals surface area contributed by atoms with Gasteiger partial charge >= 0.3 is 0 Å². The third kappa shape index (κ3) is 2.75. The molecule has 2 rings (SSSR count). The zero-order valence-electron chi connectivity index (χ0n) is 10.6. The molecule has 1 aromatic heterocycles. The Labute approximate surface area is 102 Å². The highest BCUT2D eigenvalue weighted by molar-refractivity contribution is 5.83. The largest absolute Gasteiger partial charge is 0.378 e. The molecule has 0 N–H and O–H groups in total. The molecule has 0 aromatic carbocycles. The summed E-state index contributed by atoms with van der Waals surface area (Å²) in [7, 11) is 0. The van der Waals surface area contributed by atoms with E-state index in [2.05, 4.69) is 16.5 Å². The van der Waals surface area contributed by atoms with Crippen LogP contribution in [0.1, 0.15) is 32.5 Å². The highest BCUT2D eigenvalue weighted by atomic mass is 16.5. The van der Waals surface area contributed by atoms with Gasteiger partial charge in [-0.1, -0.05) is 6.92 Å². The Bertz CT molecular complexity index is 387. The van der Waals surface area contributed by atoms with Crippen molar-refractivity contribution in [3.05, 3.63) is 18.2 Å². The number of Topliss-reactive ketones (excluding diaryl/α,β-unsaturated/α-hetero) is 1. The Morgan fingerprint density at radius 1 is 1.65 bits per heavy atom. The van der Waals surface area contributed by atoms with Gasteiger partial charge in [-0.25, -0.2) is 4.98 Å². The smallest absolute Gasteiger partial charge is 0.146 e. The van der Waals surface area contributed by atoms with Crippen LogP contribution in [0.15, 0.2) is 12.4 Å². The van der Waals surface area contributed by atoms with Gasteiger partial charge in [0.05, 0.1) is 12.5 Å². The number of nitrogens with zero attached hydrogens (tertiary/aromatic N) is 2. The van der Waals surface area contributed by atoms with Crippen molar-refractivity contribution in [2.24, 2.45) is 5.92 Å². The maximum absolute atomic E-state index is 12.1. The van der Waals surface area contributed by atoms with Crippen LogP contribution in [0, 0.1) is 5.92 Å². The van der Waals surface area contributed by atoms with Gasteiger partial charge in [0.15, 0.2) is 0 Å². The van der Waals surface area contributed by atoms with Gasteiger partial charge in [0.25, 0.3) is 0 Å². The lowest BCUT2D eigenvalue weighted by atomic mass is 9.95. The minimum absolute atomic E-state index is 0.0572. The first-order valence-corrected chi connectivity index (χ1v) is 6.36. The topological polar surface area (TPSA) is 44.1 Å². The summed E-state index contributed by atoms with van der Waals surface area (Å²) in [6.45, 7) is 5.74. The fourth-order valence-electron chi connectivity index (χ4n) is 2.39. The lowest BCUT2D eigenvalue weighted by Crippen LogP contribution is -2.24. The van der Waals surface area contributed by atoms with Crippen molar-refractivity contribution in [3.63, 3.8) is 0 Å². The molecule has 1 aliphatic rings. The molecule has 1 saturated heterocycles. The first-order valence-electron chi connectivity index (χ1n) is 6.36. The zero-order chi connectivity index (χ0) is 12.3. The molecule has 1 aromatic rings. The predicted octanol–water partition coefficient (Wildman–Crippen LogP) is 1.83. The molecule has 0 aliphatic carbocycles. The second kappa shape index (κ2) is 5.45. The molecule has 0 saturated carbocycles. The highest BCUT2D eigenvalue weighted by Gasteiger charge is 2.30. The first-order chi connectivity index (χ1) is 8.22. The van der Waals surface area contributed by atoms with Crippen LogP contribution >= 0.6 is 0 Å². The molecule has 0 radical (unpaired) electrons. The van der Waals surface area contributed by atoms with E-state index in [0.29, 0.717) is 13.0 Å². The SMILES string of the molecule is CCCn1ccnc1CC(=O)C1CCOC1C. The normalized spacial score (nSPS) is 24.1. The zero-order valence-corrected chi connectivity index (χ0v) is 10.6. The molecule has 0 amide bonds. The van der Waals surface area contributed by atoms with E-state index < -0.39 is 0 Å². The van der Waals surface area contributed by atoms with Crippen molar-refractivity contribution in [1.82, 2.24) is 9.55 Å². The summed E-state index contributed by atoms with van der Waals surface area (Å²) in [6.07, 6.45) is 6.13. The number of aryl methyl sites for hydroxylation is 1. The summed E-state index contributed by atoms with van der Waals surface area (Å²) in [5.74, 6) is 1.20. The highest BCUT2D eigenvalue weighted by Crippen LogP contribution is 2.22. The molecule has 17 heavy (non-hydrogen) atoms. The molecule has 1 aliphatic heterocycles. The van der Waals surface area contributed by atoms with E-state index in [0.717, 1.165) is 25.2 Å². The number of ether oxygens (including phenoxy) is 1. The standard InChI is InChI=1S/C13H20N2O2/c1-3-6-15-7-5-14-13(15)9-12(16)11-4-8-17-10(11)2/h5,7,10-11H,3-4,6,8-9H2,1-2H3. The Morgan fingerprint density at radius 2 is 2.47 bits per heavy atom. The summed E-state index contributed by atoms with van der Waals surface area (Å²) >= 11 is 0. The Morgan fingerprint density at radius 3 is 3.12 bits per heavy atom. The monoisotopic (exact) mass is 236 g/mol. The van der Waals surface area contributed by atoms with Gasteiger partial charge in [-0.2, -0.15) is 0 Å². The summed E-state index contributed by atoms with van der Waals surface area (Å²) in [4.78, 5) is 16.4. The number of hydrogen-bond donors (Lipinski definition) is 0. The van der Waals surface area contributed by atoms with Crippen LogP contribution in [0.5, 0.6) is 0 Å². The van der Waals surface area contributed by atoms with Gasteiger partial charge in [0, 0.05) is 31.5 Å². The summed E-state index contributed by atoms with van der Waals surface area (Å²) in [5.41, 5.74) is 0. The van der Waals surface area contributed by atoms with E-state index in [4.69, 9.17) is 4.74 Å². The third-order valence-corrected chi connectivity index (χ3v) is 3.39. The second-order valence-electron chi connectivity index (χ2n) is 4.65. The van der Waals surface area contributed by atoms with E-state index in [9.17, 15) is 4.79 Å². The number of imidazole rings is 1. The number of aromatic nitrogens is 2. The maximum atomic E-state index is 12.1. The lowest BCUT2D eigenvalue weighted by Gasteiger charge is -2.13. The first kappa shape index (κ1) is 12.3. The number of hydrogen-bond acceptors (Lipinski definition) is 3. The molecule has 4 heteroatoms. The molecule has 94 valence electrons. The minimum Gasteiger partial charge on any atom is -0.378 e. The van der Waals surface area contributed by atoms with Gasteiger partial charge < -0.3 is 9.30 Å². The van der Waals surface area contributed by atoms with Crippen molar-refractivity contribution in [2.75, 3.05) is 6.61 Å². The van der Waals surface area contributed by atoms with Crippen LogP contribution in [-0.2, 0) is 22.5 Å². The minimum atomic E-state index is 0.0572. The fraction of sp³-hybridized carbons (Fsp3) is 0.692. The summed E-state index contributed by atoms with van der Waals surface area (Å²) in [6, 6.07) is 0. The van der Waals surface area contributed by atoms with Crippen LogP contribution in [-0.4, -0.2) is 28.0 Å². The van der Waals surface area contributed by atoms with Gasteiger partial charge in [0.1, 0.15) is 11.6 Å². The number of carbonyl (C=O) groups excluding carboxylic acids is 1. The van der Waals surface area contributed by atoms with Crippen LogP contribution in [0.4, 0.5) is 0 Å². The Hall–Kier alpha value is -1.16. The molecule has 4 nitrogen and oxygen atoms in total. The van der Waals surface area contributed by atoms with Gasteiger partial charge in [0.2, 0.25) is 0 Å². The van der Waals surface area contributed by atoms with Gasteiger partial charge in [-0.15, -0.1) is 0 Å². The van der Waals surface area contributed by atoms with Crippen molar-refractivity contribution in [1.29, 1.82) is 0 Å². The van der Waals surface area contributed by atoms with Crippen molar-refractivity contribution in [2.45, 2.75) is 45.8 Å². The summed E-state index contributed by atoms with van der Waals surface area (Å²) < 4.78 is 7.50. The van der Waals surface area contributed by atoms with Crippen LogP contribution < -0.4 is 0 Å². The molecule has 2 heterocycles. The van der Waals surface area contributed by atoms with Crippen LogP contribution in [0.2, 0.25) is 0 Å². The molecule has 0 bridgehead atoms. The molecule has 2 atom stereocenters. The molecular formula is C13H20N2O2. The third-order valence-electron chi connectivity index (χ3n) is 3.39. The predicted molar refractivity (Wildman–Crippen MR) is 64.8 cm³/mol. The average molecular weight is 236 g/mol. The number of carbonyl (C=O) groups is 1. The molecule has 2 unspecified atom stereocenters. The van der Waals surface area contributed by atoms with Crippen molar-refractivity contribution < 1.29 is 9.53 Å². The number of ketones is 1. The van der Waals surface area contributed by atoms with Crippen LogP contribution in [0.3, 0.4) is 0 Å². The Balaban J connectivity index is 2.00. The van der Waals surface area contributed by atoms with Crippen molar-refractivity contribution in [3.8, 4) is 0 Å². The van der Waals surface area contributed by atoms with Crippen LogP contribution in [0.25, 0.3) is 0 Å². The second-order valence-corrected chi connectivity index (χ2v) is 4.65. The van der Waals surface area contributed by atoms with E-state index in [1.54, 1.807) is 6.20 Å². The van der Waals surface area contributed by atoms with Gasteiger partial charge in [-0.3, -0.25) is 4.79 Å². The average Bonchev–Trinajstić information content (AvgIpc) is 2.89. The fourth-order valence-corrected chi connectivity index (χ4v) is 2.39. The Kier molecular flexibility index (Phi) is 3.94. The van der Waals surface area contributed by atoms with Gasteiger partial charge in [-0.05, 0) is 19.8 Å². The van der Waals surface area contributed by atoms with E-state index in [1.807, 2.05) is 13.1 Å².